The molecule has 2 aromatic carbocycles. The van der Waals surface area contributed by atoms with Gasteiger partial charge in [-0.05, 0) is 48.0 Å². The van der Waals surface area contributed by atoms with E-state index in [0.29, 0.717) is 4.91 Å². The molecule has 0 spiro atoms. The van der Waals surface area contributed by atoms with Gasteiger partial charge in [0, 0.05) is 10.0 Å². The number of hydrazine groups is 1. The summed E-state index contributed by atoms with van der Waals surface area (Å²) in [4.78, 5) is 38.2. The molecule has 148 valence electrons. The molecule has 0 unspecified atom stereocenters. The molecule has 0 aromatic heterocycles. The zero-order chi connectivity index (χ0) is 21.0. The predicted molar refractivity (Wildman–Crippen MR) is 116 cm³/mol. The number of carbonyl (C=O) groups is 3. The van der Waals surface area contributed by atoms with Crippen LogP contribution < -0.4 is 10.9 Å². The number of nitrogens with zero attached hydrogens (tertiary/aromatic N) is 1. The zero-order valence-electron chi connectivity index (χ0n) is 14.6. The third-order valence-electron chi connectivity index (χ3n) is 3.74. The van der Waals surface area contributed by atoms with Crippen LogP contribution >= 0.6 is 39.9 Å². The number of thiocarbonyl (C=S) groups is 1. The predicted octanol–water partition coefficient (Wildman–Crippen LogP) is 3.25. The van der Waals surface area contributed by atoms with Crippen LogP contribution in [0.25, 0.3) is 6.08 Å². The molecule has 6 nitrogen and oxygen atoms in total. The van der Waals surface area contributed by atoms with Gasteiger partial charge in [0.1, 0.15) is 16.7 Å². The van der Waals surface area contributed by atoms with Gasteiger partial charge < -0.3 is 0 Å². The highest BCUT2D eigenvalue weighted by Gasteiger charge is 2.33. The van der Waals surface area contributed by atoms with Gasteiger partial charge in [-0.15, -0.1) is 0 Å². The van der Waals surface area contributed by atoms with E-state index in [1.54, 1.807) is 6.08 Å². The van der Waals surface area contributed by atoms with Crippen LogP contribution in [0.2, 0.25) is 0 Å². The fourth-order valence-electron chi connectivity index (χ4n) is 2.37. The van der Waals surface area contributed by atoms with Crippen LogP contribution in [0.15, 0.2) is 57.9 Å². The van der Waals surface area contributed by atoms with Gasteiger partial charge in [-0.3, -0.25) is 30.1 Å². The summed E-state index contributed by atoms with van der Waals surface area (Å²) in [6.07, 6.45) is 1.69. The Morgan fingerprint density at radius 2 is 1.90 bits per heavy atom. The molecule has 1 fully saturated rings. The van der Waals surface area contributed by atoms with Crippen molar-refractivity contribution in [3.8, 4) is 0 Å². The first kappa shape index (κ1) is 21.2. The number of hydrogen-bond acceptors (Lipinski definition) is 5. The third-order valence-corrected chi connectivity index (χ3v) is 5.61. The molecule has 2 N–H and O–H groups in total. The number of benzene rings is 2. The summed E-state index contributed by atoms with van der Waals surface area (Å²) in [5.74, 6) is -2.10. The van der Waals surface area contributed by atoms with E-state index in [1.165, 1.54) is 12.1 Å². The summed E-state index contributed by atoms with van der Waals surface area (Å²) in [5.41, 5.74) is 5.42. The van der Waals surface area contributed by atoms with Gasteiger partial charge in [0.15, 0.2) is 0 Å². The monoisotopic (exact) mass is 493 g/mol. The van der Waals surface area contributed by atoms with Crippen molar-refractivity contribution in [1.82, 2.24) is 15.8 Å². The standard InChI is InChI=1S/C19H13BrFN3O3S2/c20-13-3-1-2-11(8-13)9-15-18(27)24(19(28)29-15)10-16(25)22-23-17(26)12-4-6-14(21)7-5-12/h1-9H,10H2,(H,22,25)(H,23,26). The first-order chi connectivity index (χ1) is 13.8. The Balaban J connectivity index is 1.58. The number of thioether (sulfide) groups is 1. The number of nitrogens with one attached hydrogen (secondary N) is 2. The molecule has 0 atom stereocenters. The maximum Gasteiger partial charge on any atom is 0.269 e. The second-order valence-corrected chi connectivity index (χ2v) is 8.42. The molecule has 1 aliphatic rings. The largest absolute Gasteiger partial charge is 0.283 e. The molecule has 3 rings (SSSR count). The summed E-state index contributed by atoms with van der Waals surface area (Å²) in [6.45, 7) is -0.343. The van der Waals surface area contributed by atoms with Crippen molar-refractivity contribution in [2.75, 3.05) is 6.54 Å². The number of carbonyl (C=O) groups excluding carboxylic acids is 3. The lowest BCUT2D eigenvalue weighted by Gasteiger charge is -2.14. The van der Waals surface area contributed by atoms with Crippen molar-refractivity contribution < 1.29 is 18.8 Å². The Kier molecular flexibility index (Phi) is 6.78. The minimum Gasteiger partial charge on any atom is -0.283 e. The highest BCUT2D eigenvalue weighted by Crippen LogP contribution is 2.32. The van der Waals surface area contributed by atoms with Gasteiger partial charge in [-0.25, -0.2) is 4.39 Å². The number of amides is 3. The average Bonchev–Trinajstić information content (AvgIpc) is 2.94. The lowest BCUT2D eigenvalue weighted by atomic mass is 10.2. The first-order valence-electron chi connectivity index (χ1n) is 8.19. The molecule has 0 radical (unpaired) electrons. The van der Waals surface area contributed by atoms with Crippen LogP contribution in [-0.2, 0) is 9.59 Å². The van der Waals surface area contributed by atoms with E-state index >= 15 is 0 Å². The molecule has 29 heavy (non-hydrogen) atoms. The minimum atomic E-state index is -0.625. The third kappa shape index (κ3) is 5.49. The Morgan fingerprint density at radius 1 is 1.17 bits per heavy atom. The summed E-state index contributed by atoms with van der Waals surface area (Å²) in [5, 5.41) is 0. The van der Waals surface area contributed by atoms with Gasteiger partial charge in [-0.1, -0.05) is 52.0 Å². The summed E-state index contributed by atoms with van der Waals surface area (Å²) >= 11 is 9.66. The highest BCUT2D eigenvalue weighted by molar-refractivity contribution is 9.10. The SMILES string of the molecule is O=C(CN1C(=O)C(=Cc2cccc(Br)c2)SC1=S)NNC(=O)c1ccc(F)cc1. The van der Waals surface area contributed by atoms with Gasteiger partial charge in [0.2, 0.25) is 0 Å². The van der Waals surface area contributed by atoms with Crippen LogP contribution in [-0.4, -0.2) is 33.5 Å². The molecule has 10 heteroatoms. The average molecular weight is 494 g/mol. The zero-order valence-corrected chi connectivity index (χ0v) is 17.9. The quantitative estimate of drug-likeness (QED) is 0.388. The van der Waals surface area contributed by atoms with Crippen molar-refractivity contribution in [1.29, 1.82) is 0 Å². The van der Waals surface area contributed by atoms with E-state index < -0.39 is 17.6 Å². The van der Waals surface area contributed by atoms with Gasteiger partial charge in [0.05, 0.1) is 4.91 Å². The lowest BCUT2D eigenvalue weighted by molar-refractivity contribution is -0.129. The maximum absolute atomic E-state index is 12.9. The second kappa shape index (κ2) is 9.29. The van der Waals surface area contributed by atoms with E-state index in [9.17, 15) is 18.8 Å². The fraction of sp³-hybridized carbons (Fsp3) is 0.0526. The van der Waals surface area contributed by atoms with Crippen LogP contribution in [0, 0.1) is 5.82 Å². The summed E-state index contributed by atoms with van der Waals surface area (Å²) in [6, 6.07) is 12.2. The number of halogens is 2. The Hall–Kier alpha value is -2.56. The Bertz CT molecular complexity index is 1030. The van der Waals surface area contributed by atoms with E-state index in [2.05, 4.69) is 26.8 Å². The van der Waals surface area contributed by atoms with Crippen molar-refractivity contribution in [2.45, 2.75) is 0 Å². The van der Waals surface area contributed by atoms with E-state index in [0.717, 1.165) is 38.8 Å². The van der Waals surface area contributed by atoms with Gasteiger partial charge in [0.25, 0.3) is 17.7 Å². The Morgan fingerprint density at radius 3 is 2.59 bits per heavy atom. The van der Waals surface area contributed by atoms with Crippen LogP contribution in [0.1, 0.15) is 15.9 Å². The highest BCUT2D eigenvalue weighted by atomic mass is 79.9. The first-order valence-corrected chi connectivity index (χ1v) is 10.2. The van der Waals surface area contributed by atoms with E-state index in [1.807, 2.05) is 24.3 Å². The maximum atomic E-state index is 12.9. The second-order valence-electron chi connectivity index (χ2n) is 5.83. The summed E-state index contributed by atoms with van der Waals surface area (Å²) in [7, 11) is 0. The van der Waals surface area contributed by atoms with Crippen LogP contribution in [0.3, 0.4) is 0 Å². The van der Waals surface area contributed by atoms with Crippen molar-refractivity contribution in [2.24, 2.45) is 0 Å². The molecular weight excluding hydrogens is 481 g/mol. The molecule has 0 aliphatic carbocycles. The topological polar surface area (TPSA) is 78.5 Å². The van der Waals surface area contributed by atoms with Crippen LogP contribution in [0.4, 0.5) is 4.39 Å². The van der Waals surface area contributed by atoms with Crippen molar-refractivity contribution in [3.05, 3.63) is 74.9 Å². The van der Waals surface area contributed by atoms with E-state index in [-0.39, 0.29) is 22.3 Å². The Labute approximate surface area is 183 Å². The fourth-order valence-corrected chi connectivity index (χ4v) is 4.04. The minimum absolute atomic E-state index is 0.175. The van der Waals surface area contributed by atoms with Crippen molar-refractivity contribution in [3.63, 3.8) is 0 Å². The molecule has 0 bridgehead atoms. The normalized spacial score (nSPS) is 15.0. The number of hydrogen-bond donors (Lipinski definition) is 2. The smallest absolute Gasteiger partial charge is 0.269 e. The van der Waals surface area contributed by atoms with Gasteiger partial charge in [-0.2, -0.15) is 0 Å². The molecule has 1 heterocycles. The number of rotatable bonds is 4. The van der Waals surface area contributed by atoms with Crippen LogP contribution in [0.5, 0.6) is 0 Å². The molecule has 2 aromatic rings. The molecular formula is C19H13BrFN3O3S2. The summed E-state index contributed by atoms with van der Waals surface area (Å²) < 4.78 is 14.0. The molecule has 0 saturated carbocycles. The molecule has 1 saturated heterocycles. The van der Waals surface area contributed by atoms with E-state index in [4.69, 9.17) is 12.2 Å². The van der Waals surface area contributed by atoms with Gasteiger partial charge >= 0.3 is 0 Å². The lowest BCUT2D eigenvalue weighted by Crippen LogP contribution is -2.47. The molecule has 1 aliphatic heterocycles. The molecule has 3 amide bonds. The van der Waals surface area contributed by atoms with Crippen molar-refractivity contribution >= 4 is 68.0 Å².